The third-order valence-electron chi connectivity index (χ3n) is 2.16. The van der Waals surface area contributed by atoms with E-state index in [2.05, 4.69) is 21.2 Å². The summed E-state index contributed by atoms with van der Waals surface area (Å²) in [6, 6.07) is 3.56. The highest BCUT2D eigenvalue weighted by Gasteiger charge is 2.16. The Morgan fingerprint density at radius 3 is 2.69 bits per heavy atom. The summed E-state index contributed by atoms with van der Waals surface area (Å²) in [5.41, 5.74) is 0.866. The predicted octanol–water partition coefficient (Wildman–Crippen LogP) is 2.53. The molecule has 1 N–H and O–H groups in total. The number of alkyl halides is 2. The molecule has 3 nitrogen and oxygen atoms in total. The van der Waals surface area contributed by atoms with E-state index in [1.54, 1.807) is 12.1 Å². The lowest BCUT2D eigenvalue weighted by Crippen LogP contribution is -2.20. The first-order valence-corrected chi connectivity index (χ1v) is 5.53. The average molecular weight is 294 g/mol. The van der Waals surface area contributed by atoms with Crippen LogP contribution < -0.4 is 14.8 Å². The third-order valence-corrected chi connectivity index (χ3v) is 2.89. The van der Waals surface area contributed by atoms with Crippen LogP contribution in [0.4, 0.5) is 8.78 Å². The highest BCUT2D eigenvalue weighted by Crippen LogP contribution is 2.36. The summed E-state index contributed by atoms with van der Waals surface area (Å²) in [7, 11) is 0. The Bertz CT molecular complexity index is 387. The summed E-state index contributed by atoms with van der Waals surface area (Å²) in [5, 5.41) is 2.66. The summed E-state index contributed by atoms with van der Waals surface area (Å²) in [4.78, 5) is 0. The average Bonchev–Trinajstić information content (AvgIpc) is 2.64. The standard InChI is InChI=1S/C10H10BrF2NO2/c11-7-2-9-8(15-5-16-9)1-6(7)3-14-4-10(12)13/h1-2,10,14H,3-5H2. The lowest BCUT2D eigenvalue weighted by Gasteiger charge is -2.07. The number of halogens is 3. The van der Waals surface area contributed by atoms with Crippen molar-refractivity contribution in [2.45, 2.75) is 13.0 Å². The van der Waals surface area contributed by atoms with Gasteiger partial charge in [0.05, 0.1) is 6.54 Å². The molecule has 0 amide bonds. The Kier molecular flexibility index (Phi) is 3.60. The van der Waals surface area contributed by atoms with E-state index in [9.17, 15) is 8.78 Å². The third kappa shape index (κ3) is 2.62. The molecule has 6 heteroatoms. The van der Waals surface area contributed by atoms with E-state index in [-0.39, 0.29) is 13.3 Å². The number of ether oxygens (including phenoxy) is 2. The molecule has 1 aromatic carbocycles. The quantitative estimate of drug-likeness (QED) is 0.925. The highest BCUT2D eigenvalue weighted by atomic mass is 79.9. The molecule has 1 aromatic rings. The summed E-state index contributed by atoms with van der Waals surface area (Å²) in [6.45, 7) is 0.248. The van der Waals surface area contributed by atoms with Crippen molar-refractivity contribution in [3.8, 4) is 11.5 Å². The van der Waals surface area contributed by atoms with Gasteiger partial charge in [-0.2, -0.15) is 0 Å². The Balaban J connectivity index is 2.04. The van der Waals surface area contributed by atoms with Gasteiger partial charge in [-0.25, -0.2) is 8.78 Å². The second-order valence-electron chi connectivity index (χ2n) is 3.32. The van der Waals surface area contributed by atoms with Crippen LogP contribution in [0.25, 0.3) is 0 Å². The number of fused-ring (bicyclic) bond motifs is 1. The Morgan fingerprint density at radius 1 is 1.31 bits per heavy atom. The summed E-state index contributed by atoms with van der Waals surface area (Å²) in [5.74, 6) is 1.32. The minimum absolute atomic E-state index is 0.204. The summed E-state index contributed by atoms with van der Waals surface area (Å²) in [6.07, 6.45) is -2.34. The minimum Gasteiger partial charge on any atom is -0.454 e. The minimum atomic E-state index is -2.34. The molecule has 0 spiro atoms. The van der Waals surface area contributed by atoms with Crippen LogP contribution in [0.5, 0.6) is 11.5 Å². The van der Waals surface area contributed by atoms with Gasteiger partial charge < -0.3 is 14.8 Å². The van der Waals surface area contributed by atoms with Crippen molar-refractivity contribution in [3.63, 3.8) is 0 Å². The predicted molar refractivity (Wildman–Crippen MR) is 58.0 cm³/mol. The van der Waals surface area contributed by atoms with Crippen molar-refractivity contribution in [2.24, 2.45) is 0 Å². The zero-order valence-electron chi connectivity index (χ0n) is 8.30. The molecule has 1 heterocycles. The van der Waals surface area contributed by atoms with Gasteiger partial charge in [-0.05, 0) is 17.7 Å². The zero-order valence-corrected chi connectivity index (χ0v) is 9.89. The topological polar surface area (TPSA) is 30.5 Å². The number of hydrogen-bond donors (Lipinski definition) is 1. The Hall–Kier alpha value is -0.880. The first-order valence-electron chi connectivity index (χ1n) is 4.73. The van der Waals surface area contributed by atoms with Crippen LogP contribution in [-0.2, 0) is 6.54 Å². The van der Waals surface area contributed by atoms with E-state index >= 15 is 0 Å². The van der Waals surface area contributed by atoms with Crippen molar-refractivity contribution < 1.29 is 18.3 Å². The lowest BCUT2D eigenvalue weighted by atomic mass is 10.2. The van der Waals surface area contributed by atoms with E-state index in [4.69, 9.17) is 9.47 Å². The molecule has 2 rings (SSSR count). The van der Waals surface area contributed by atoms with Crippen LogP contribution in [0.3, 0.4) is 0 Å². The molecule has 88 valence electrons. The van der Waals surface area contributed by atoms with Gasteiger partial charge in [0, 0.05) is 11.0 Å². The van der Waals surface area contributed by atoms with Crippen LogP contribution in [-0.4, -0.2) is 19.8 Å². The van der Waals surface area contributed by atoms with Crippen LogP contribution in [0.1, 0.15) is 5.56 Å². The van der Waals surface area contributed by atoms with Gasteiger partial charge in [0.2, 0.25) is 6.79 Å². The van der Waals surface area contributed by atoms with Crippen molar-refractivity contribution in [2.75, 3.05) is 13.3 Å². The maximum atomic E-state index is 11.9. The van der Waals surface area contributed by atoms with Gasteiger partial charge in [-0.15, -0.1) is 0 Å². The van der Waals surface area contributed by atoms with Gasteiger partial charge in [0.1, 0.15) is 0 Å². The van der Waals surface area contributed by atoms with Crippen LogP contribution in [0, 0.1) is 0 Å². The normalized spacial score (nSPS) is 13.5. The second kappa shape index (κ2) is 4.97. The van der Waals surface area contributed by atoms with Gasteiger partial charge in [-0.1, -0.05) is 15.9 Å². The van der Waals surface area contributed by atoms with E-state index in [1.165, 1.54) is 0 Å². The van der Waals surface area contributed by atoms with Gasteiger partial charge in [0.15, 0.2) is 11.5 Å². The maximum Gasteiger partial charge on any atom is 0.250 e. The zero-order chi connectivity index (χ0) is 11.5. The smallest absolute Gasteiger partial charge is 0.250 e. The molecule has 0 aliphatic carbocycles. The van der Waals surface area contributed by atoms with E-state index in [0.29, 0.717) is 18.0 Å². The first kappa shape index (κ1) is 11.6. The number of benzene rings is 1. The van der Waals surface area contributed by atoms with Gasteiger partial charge in [0.25, 0.3) is 6.43 Å². The van der Waals surface area contributed by atoms with Crippen LogP contribution >= 0.6 is 15.9 Å². The molecular weight excluding hydrogens is 284 g/mol. The lowest BCUT2D eigenvalue weighted by molar-refractivity contribution is 0.145. The molecule has 0 unspecified atom stereocenters. The fourth-order valence-corrected chi connectivity index (χ4v) is 1.87. The number of rotatable bonds is 4. The molecule has 16 heavy (non-hydrogen) atoms. The molecule has 0 saturated carbocycles. The monoisotopic (exact) mass is 293 g/mol. The molecule has 1 aliphatic heterocycles. The number of hydrogen-bond acceptors (Lipinski definition) is 3. The van der Waals surface area contributed by atoms with Crippen LogP contribution in [0.2, 0.25) is 0 Å². The molecule has 0 saturated heterocycles. The SMILES string of the molecule is FC(F)CNCc1cc2c(cc1Br)OCO2. The van der Waals surface area contributed by atoms with E-state index in [0.717, 1.165) is 10.0 Å². The van der Waals surface area contributed by atoms with Crippen molar-refractivity contribution in [1.29, 1.82) is 0 Å². The second-order valence-corrected chi connectivity index (χ2v) is 4.17. The summed E-state index contributed by atoms with van der Waals surface area (Å²) < 4.78 is 35.1. The van der Waals surface area contributed by atoms with Crippen molar-refractivity contribution in [3.05, 3.63) is 22.2 Å². The summed E-state index contributed by atoms with van der Waals surface area (Å²) >= 11 is 3.35. The molecule has 0 bridgehead atoms. The fraction of sp³-hybridized carbons (Fsp3) is 0.400. The Labute approximate surface area is 99.9 Å². The van der Waals surface area contributed by atoms with Gasteiger partial charge in [-0.3, -0.25) is 0 Å². The van der Waals surface area contributed by atoms with Crippen molar-refractivity contribution >= 4 is 15.9 Å². The molecule has 0 fully saturated rings. The molecule has 0 aromatic heterocycles. The van der Waals surface area contributed by atoms with Crippen molar-refractivity contribution in [1.82, 2.24) is 5.32 Å². The Morgan fingerprint density at radius 2 is 2.00 bits per heavy atom. The number of nitrogens with one attached hydrogen (secondary N) is 1. The first-order chi connectivity index (χ1) is 7.66. The molecular formula is C10H10BrF2NO2. The van der Waals surface area contributed by atoms with Crippen LogP contribution in [0.15, 0.2) is 16.6 Å². The van der Waals surface area contributed by atoms with Gasteiger partial charge >= 0.3 is 0 Å². The molecule has 0 atom stereocenters. The maximum absolute atomic E-state index is 11.9. The highest BCUT2D eigenvalue weighted by molar-refractivity contribution is 9.10. The molecule has 0 radical (unpaired) electrons. The largest absolute Gasteiger partial charge is 0.454 e. The molecule has 1 aliphatic rings. The van der Waals surface area contributed by atoms with E-state index in [1.807, 2.05) is 0 Å². The van der Waals surface area contributed by atoms with E-state index < -0.39 is 6.43 Å². The fourth-order valence-electron chi connectivity index (χ4n) is 1.41.